The molecule has 0 aliphatic carbocycles. The SMILES string of the molecule is CCCCCCCCCCCCN(CCCCCCCCCCCC)c1ccccc1Cl. The van der Waals surface area contributed by atoms with E-state index in [1.807, 2.05) is 12.1 Å². The topological polar surface area (TPSA) is 3.24 Å². The Hall–Kier alpha value is -0.690. The zero-order valence-electron chi connectivity index (χ0n) is 21.7. The van der Waals surface area contributed by atoms with Crippen LogP contribution in [0.1, 0.15) is 142 Å². The Kier molecular flexibility index (Phi) is 20.3. The summed E-state index contributed by atoms with van der Waals surface area (Å²) in [7, 11) is 0. The molecular weight excluding hydrogens is 410 g/mol. The summed E-state index contributed by atoms with van der Waals surface area (Å²) in [5.74, 6) is 0. The van der Waals surface area contributed by atoms with E-state index < -0.39 is 0 Å². The van der Waals surface area contributed by atoms with E-state index in [2.05, 4.69) is 30.9 Å². The number of benzene rings is 1. The predicted octanol–water partition coefficient (Wildman–Crippen LogP) is 11.0. The number of hydrogen-bond acceptors (Lipinski definition) is 1. The van der Waals surface area contributed by atoms with E-state index >= 15 is 0 Å². The second-order valence-corrected chi connectivity index (χ2v) is 10.2. The Labute approximate surface area is 206 Å². The fourth-order valence-electron chi connectivity index (χ4n) is 4.64. The normalized spacial score (nSPS) is 11.2. The number of unbranched alkanes of at least 4 members (excludes halogenated alkanes) is 18. The van der Waals surface area contributed by atoms with E-state index in [1.165, 1.54) is 134 Å². The molecule has 0 radical (unpaired) electrons. The van der Waals surface area contributed by atoms with Crippen LogP contribution >= 0.6 is 11.6 Å². The highest BCUT2D eigenvalue weighted by molar-refractivity contribution is 6.33. The number of rotatable bonds is 23. The molecule has 0 aliphatic heterocycles. The maximum atomic E-state index is 6.54. The van der Waals surface area contributed by atoms with Gasteiger partial charge in [0.25, 0.3) is 0 Å². The first-order chi connectivity index (χ1) is 15.8. The molecule has 0 saturated carbocycles. The van der Waals surface area contributed by atoms with Gasteiger partial charge in [-0.1, -0.05) is 153 Å². The molecule has 0 unspecified atom stereocenters. The van der Waals surface area contributed by atoms with Crippen LogP contribution in [0.15, 0.2) is 24.3 Å². The van der Waals surface area contributed by atoms with Gasteiger partial charge in [-0.2, -0.15) is 0 Å². The van der Waals surface area contributed by atoms with Gasteiger partial charge in [-0.25, -0.2) is 0 Å². The van der Waals surface area contributed by atoms with Gasteiger partial charge in [0.1, 0.15) is 0 Å². The van der Waals surface area contributed by atoms with E-state index in [9.17, 15) is 0 Å². The lowest BCUT2D eigenvalue weighted by Gasteiger charge is -2.26. The summed E-state index contributed by atoms with van der Waals surface area (Å²) < 4.78 is 0. The van der Waals surface area contributed by atoms with Crippen molar-refractivity contribution in [3.8, 4) is 0 Å². The van der Waals surface area contributed by atoms with Crippen LogP contribution in [-0.4, -0.2) is 13.1 Å². The third-order valence-corrected chi connectivity index (χ3v) is 7.08. The van der Waals surface area contributed by atoms with Crippen molar-refractivity contribution in [2.45, 2.75) is 142 Å². The summed E-state index contributed by atoms with van der Waals surface area (Å²) in [6.45, 7) is 6.89. The largest absolute Gasteiger partial charge is 0.370 e. The van der Waals surface area contributed by atoms with E-state index in [0.717, 1.165) is 18.1 Å². The number of anilines is 1. The molecule has 0 N–H and O–H groups in total. The second kappa shape index (κ2) is 22.1. The molecule has 0 aromatic heterocycles. The first kappa shape index (κ1) is 29.3. The summed E-state index contributed by atoms with van der Waals surface area (Å²) in [5.41, 5.74) is 1.24. The van der Waals surface area contributed by atoms with Crippen LogP contribution in [0.5, 0.6) is 0 Å². The van der Waals surface area contributed by atoms with Crippen molar-refractivity contribution in [3.05, 3.63) is 29.3 Å². The van der Waals surface area contributed by atoms with Gasteiger partial charge in [0.15, 0.2) is 0 Å². The van der Waals surface area contributed by atoms with Gasteiger partial charge < -0.3 is 4.90 Å². The van der Waals surface area contributed by atoms with E-state index in [-0.39, 0.29) is 0 Å². The molecule has 0 spiro atoms. The number of hydrogen-bond donors (Lipinski definition) is 0. The first-order valence-corrected chi connectivity index (χ1v) is 14.7. The lowest BCUT2D eigenvalue weighted by atomic mass is 10.1. The maximum absolute atomic E-state index is 6.54. The highest BCUT2D eigenvalue weighted by Gasteiger charge is 2.09. The zero-order chi connectivity index (χ0) is 23.1. The molecular formula is C30H54ClN. The van der Waals surface area contributed by atoms with Crippen molar-refractivity contribution in [1.82, 2.24) is 0 Å². The van der Waals surface area contributed by atoms with Crippen molar-refractivity contribution in [2.24, 2.45) is 0 Å². The zero-order valence-corrected chi connectivity index (χ0v) is 22.4. The molecule has 0 fully saturated rings. The fraction of sp³-hybridized carbons (Fsp3) is 0.800. The molecule has 0 amide bonds. The Bertz CT molecular complexity index is 491. The highest BCUT2D eigenvalue weighted by Crippen LogP contribution is 2.26. The van der Waals surface area contributed by atoms with Crippen LogP contribution in [-0.2, 0) is 0 Å². The molecule has 0 bridgehead atoms. The average Bonchev–Trinajstić information content (AvgIpc) is 2.80. The molecule has 0 heterocycles. The number of nitrogens with zero attached hydrogens (tertiary/aromatic N) is 1. The minimum absolute atomic E-state index is 0.909. The fourth-order valence-corrected chi connectivity index (χ4v) is 4.90. The molecule has 186 valence electrons. The Balaban J connectivity index is 2.18. The van der Waals surface area contributed by atoms with Crippen molar-refractivity contribution in [3.63, 3.8) is 0 Å². The van der Waals surface area contributed by atoms with Gasteiger partial charge in [-0.3, -0.25) is 0 Å². The monoisotopic (exact) mass is 463 g/mol. The molecule has 1 aromatic carbocycles. The third-order valence-electron chi connectivity index (χ3n) is 6.76. The Morgan fingerprint density at radius 1 is 0.500 bits per heavy atom. The van der Waals surface area contributed by atoms with Crippen LogP contribution in [0.4, 0.5) is 5.69 Å². The molecule has 2 heteroatoms. The average molecular weight is 464 g/mol. The Morgan fingerprint density at radius 3 is 1.22 bits per heavy atom. The van der Waals surface area contributed by atoms with Crippen molar-refractivity contribution >= 4 is 17.3 Å². The van der Waals surface area contributed by atoms with E-state index in [0.29, 0.717) is 0 Å². The predicted molar refractivity (Wildman–Crippen MR) is 147 cm³/mol. The van der Waals surface area contributed by atoms with E-state index in [4.69, 9.17) is 11.6 Å². The molecule has 0 aliphatic rings. The van der Waals surface area contributed by atoms with Crippen molar-refractivity contribution in [1.29, 1.82) is 0 Å². The van der Waals surface area contributed by atoms with Crippen LogP contribution in [0.2, 0.25) is 5.02 Å². The van der Waals surface area contributed by atoms with Crippen LogP contribution in [0, 0.1) is 0 Å². The van der Waals surface area contributed by atoms with Crippen LogP contribution in [0.25, 0.3) is 0 Å². The molecule has 0 atom stereocenters. The van der Waals surface area contributed by atoms with Crippen molar-refractivity contribution in [2.75, 3.05) is 18.0 Å². The highest BCUT2D eigenvalue weighted by atomic mass is 35.5. The Morgan fingerprint density at radius 2 is 0.844 bits per heavy atom. The number of halogens is 1. The minimum Gasteiger partial charge on any atom is -0.370 e. The third kappa shape index (κ3) is 16.0. The maximum Gasteiger partial charge on any atom is 0.0639 e. The quantitative estimate of drug-likeness (QED) is 0.146. The molecule has 1 aromatic rings. The summed E-state index contributed by atoms with van der Waals surface area (Å²) in [4.78, 5) is 2.55. The van der Waals surface area contributed by atoms with Crippen molar-refractivity contribution < 1.29 is 0 Å². The van der Waals surface area contributed by atoms with Crippen LogP contribution < -0.4 is 4.90 Å². The summed E-state index contributed by atoms with van der Waals surface area (Å²) in [6, 6.07) is 8.42. The molecule has 0 saturated heterocycles. The first-order valence-electron chi connectivity index (χ1n) is 14.3. The van der Waals surface area contributed by atoms with Gasteiger partial charge in [0.2, 0.25) is 0 Å². The smallest absolute Gasteiger partial charge is 0.0639 e. The summed E-state index contributed by atoms with van der Waals surface area (Å²) >= 11 is 6.54. The molecule has 1 nitrogen and oxygen atoms in total. The van der Waals surface area contributed by atoms with E-state index in [1.54, 1.807) is 0 Å². The lowest BCUT2D eigenvalue weighted by molar-refractivity contribution is 0.543. The van der Waals surface area contributed by atoms with Gasteiger partial charge in [-0.05, 0) is 25.0 Å². The van der Waals surface area contributed by atoms with Crippen LogP contribution in [0.3, 0.4) is 0 Å². The molecule has 1 rings (SSSR count). The standard InChI is InChI=1S/C30H54ClN/c1-3-5-7-9-11-13-15-17-19-23-27-32(30-26-22-21-25-29(30)31)28-24-20-18-16-14-12-10-8-6-4-2/h21-22,25-26H,3-20,23-24,27-28H2,1-2H3. The summed E-state index contributed by atoms with van der Waals surface area (Å²) in [6.07, 6.45) is 27.9. The van der Waals surface area contributed by atoms with Gasteiger partial charge >= 0.3 is 0 Å². The van der Waals surface area contributed by atoms with Gasteiger partial charge in [0, 0.05) is 13.1 Å². The van der Waals surface area contributed by atoms with Gasteiger partial charge in [-0.15, -0.1) is 0 Å². The minimum atomic E-state index is 0.909. The number of para-hydroxylation sites is 1. The lowest BCUT2D eigenvalue weighted by Crippen LogP contribution is -2.26. The second-order valence-electron chi connectivity index (χ2n) is 9.80. The van der Waals surface area contributed by atoms with Gasteiger partial charge in [0.05, 0.1) is 10.7 Å². The summed E-state index contributed by atoms with van der Waals surface area (Å²) in [5, 5.41) is 0.909. The molecule has 32 heavy (non-hydrogen) atoms.